The molecule has 2 aromatic heterocycles. The van der Waals surface area contributed by atoms with Crippen molar-refractivity contribution >= 4 is 34.5 Å². The number of nitrogens with zero attached hydrogens (tertiary/aromatic N) is 3. The summed E-state index contributed by atoms with van der Waals surface area (Å²) >= 11 is 0. The molecule has 0 saturated carbocycles. The van der Waals surface area contributed by atoms with Gasteiger partial charge in [0.2, 0.25) is 0 Å². The number of rotatable bonds is 8. The van der Waals surface area contributed by atoms with Crippen LogP contribution in [0.1, 0.15) is 56.5 Å². The number of esters is 1. The topological polar surface area (TPSA) is 82.9 Å². The van der Waals surface area contributed by atoms with E-state index in [0.717, 1.165) is 57.6 Å². The fourth-order valence-electron chi connectivity index (χ4n) is 5.24. The largest absolute Gasteiger partial charge is 0.493 e. The highest BCUT2D eigenvalue weighted by Crippen LogP contribution is 2.30. The van der Waals surface area contributed by atoms with Gasteiger partial charge >= 0.3 is 12.1 Å². The van der Waals surface area contributed by atoms with Gasteiger partial charge in [-0.05, 0) is 88.9 Å². The number of carbonyl (C=O) groups excluding carboxylic acids is 2. The third kappa shape index (κ3) is 7.08. The Labute approximate surface area is 252 Å². The van der Waals surface area contributed by atoms with Gasteiger partial charge in [-0.15, -0.1) is 0 Å². The molecule has 43 heavy (non-hydrogen) atoms. The smallest absolute Gasteiger partial charge is 0.416 e. The molecule has 0 N–H and O–H groups in total. The zero-order valence-corrected chi connectivity index (χ0v) is 25.6. The molecule has 8 nitrogen and oxygen atoms in total. The summed E-state index contributed by atoms with van der Waals surface area (Å²) in [5.74, 6) is 1.04. The molecule has 0 bridgehead atoms. The fraction of sp³-hybridized carbons (Fsp3) is 0.343. The highest BCUT2D eigenvalue weighted by Gasteiger charge is 2.28. The van der Waals surface area contributed by atoms with Gasteiger partial charge in [-0.2, -0.15) is 0 Å². The maximum atomic E-state index is 12.8. The number of ether oxygens (including phenoxy) is 3. The van der Waals surface area contributed by atoms with Gasteiger partial charge < -0.3 is 18.8 Å². The quantitative estimate of drug-likeness (QED) is 0.163. The van der Waals surface area contributed by atoms with Crippen molar-refractivity contribution in [3.63, 3.8) is 0 Å². The molecule has 0 radical (unpaired) electrons. The molecule has 1 aliphatic heterocycles. The van der Waals surface area contributed by atoms with Gasteiger partial charge in [0.25, 0.3) is 0 Å². The Morgan fingerprint density at radius 2 is 1.86 bits per heavy atom. The number of aryl methyl sites for hydroxylation is 2. The number of anilines is 1. The Morgan fingerprint density at radius 3 is 2.63 bits per heavy atom. The lowest BCUT2D eigenvalue weighted by molar-refractivity contribution is -0.137. The van der Waals surface area contributed by atoms with E-state index in [0.29, 0.717) is 32.0 Å². The van der Waals surface area contributed by atoms with Crippen LogP contribution in [-0.4, -0.2) is 47.0 Å². The van der Waals surface area contributed by atoms with Crippen LogP contribution in [0.15, 0.2) is 72.9 Å². The maximum absolute atomic E-state index is 12.8. The molecule has 0 spiro atoms. The predicted octanol–water partition coefficient (Wildman–Crippen LogP) is 7.11. The summed E-state index contributed by atoms with van der Waals surface area (Å²) in [5.41, 5.74) is 5.05. The number of benzene rings is 2. The van der Waals surface area contributed by atoms with Crippen molar-refractivity contribution in [3.05, 3.63) is 95.3 Å². The van der Waals surface area contributed by atoms with E-state index in [1.54, 1.807) is 17.9 Å². The van der Waals surface area contributed by atoms with Crippen LogP contribution in [0.2, 0.25) is 0 Å². The number of pyridine rings is 1. The first-order valence-corrected chi connectivity index (χ1v) is 14.8. The molecule has 0 saturated heterocycles. The van der Waals surface area contributed by atoms with Crippen LogP contribution < -0.4 is 9.64 Å². The zero-order valence-electron chi connectivity index (χ0n) is 25.6. The molecule has 2 aromatic carbocycles. The Kier molecular flexibility index (Phi) is 8.85. The monoisotopic (exact) mass is 581 g/mol. The van der Waals surface area contributed by atoms with E-state index in [1.807, 2.05) is 93.1 Å². The Morgan fingerprint density at radius 1 is 1.05 bits per heavy atom. The van der Waals surface area contributed by atoms with E-state index in [9.17, 15) is 9.59 Å². The average Bonchev–Trinajstić information content (AvgIpc) is 3.38. The van der Waals surface area contributed by atoms with Gasteiger partial charge in [0.1, 0.15) is 17.2 Å². The molecule has 0 fully saturated rings. The molecule has 3 heterocycles. The number of hydrogen-bond acceptors (Lipinski definition) is 6. The highest BCUT2D eigenvalue weighted by molar-refractivity contribution is 5.95. The van der Waals surface area contributed by atoms with Crippen LogP contribution in [0.25, 0.3) is 16.6 Å². The van der Waals surface area contributed by atoms with E-state index >= 15 is 0 Å². The second-order valence-corrected chi connectivity index (χ2v) is 11.6. The van der Waals surface area contributed by atoms with Gasteiger partial charge in [0.15, 0.2) is 0 Å². The molecule has 0 atom stereocenters. The minimum Gasteiger partial charge on any atom is -0.493 e. The summed E-state index contributed by atoms with van der Waals surface area (Å²) in [6.45, 7) is 10.8. The minimum atomic E-state index is -0.568. The van der Waals surface area contributed by atoms with Gasteiger partial charge in [-0.1, -0.05) is 30.3 Å². The van der Waals surface area contributed by atoms with Crippen LogP contribution >= 0.6 is 0 Å². The Hall–Kier alpha value is -4.59. The first-order chi connectivity index (χ1) is 20.6. The van der Waals surface area contributed by atoms with E-state index in [1.165, 1.54) is 0 Å². The van der Waals surface area contributed by atoms with E-state index in [-0.39, 0.29) is 12.1 Å². The number of hydrogen-bond donors (Lipinski definition) is 0. The molecule has 1 aliphatic rings. The van der Waals surface area contributed by atoms with Gasteiger partial charge in [-0.25, -0.2) is 14.6 Å². The van der Waals surface area contributed by atoms with E-state index < -0.39 is 5.60 Å². The van der Waals surface area contributed by atoms with Crippen LogP contribution in [0, 0.1) is 6.92 Å². The Bertz CT molecular complexity index is 1660. The number of carbonyl (C=O) groups is 2. The molecule has 8 heteroatoms. The van der Waals surface area contributed by atoms with Crippen LogP contribution in [0.4, 0.5) is 10.6 Å². The highest BCUT2D eigenvalue weighted by atomic mass is 16.6. The SMILES string of the molecule is CCOC(=O)C=C(c1ccccc1C)n1ccc2cc(OCCc3ccc4c(n3)N(C(=O)OC(C)(C)C)CCC4)ccc21. The van der Waals surface area contributed by atoms with Crippen LogP contribution in [-0.2, 0) is 27.1 Å². The molecule has 0 aliphatic carbocycles. The van der Waals surface area contributed by atoms with Crippen molar-refractivity contribution in [1.82, 2.24) is 9.55 Å². The lowest BCUT2D eigenvalue weighted by Gasteiger charge is -2.31. The molecule has 224 valence electrons. The van der Waals surface area contributed by atoms with Crippen molar-refractivity contribution in [2.75, 3.05) is 24.7 Å². The van der Waals surface area contributed by atoms with Crippen molar-refractivity contribution in [2.24, 2.45) is 0 Å². The number of amides is 1. The predicted molar refractivity (Wildman–Crippen MR) is 168 cm³/mol. The summed E-state index contributed by atoms with van der Waals surface area (Å²) < 4.78 is 19.0. The molecular weight excluding hydrogens is 542 g/mol. The second-order valence-electron chi connectivity index (χ2n) is 11.6. The van der Waals surface area contributed by atoms with Gasteiger partial charge in [0.05, 0.1) is 24.4 Å². The molecule has 5 rings (SSSR count). The lowest BCUT2D eigenvalue weighted by atomic mass is 10.0. The standard InChI is InChI=1S/C35H39N3O5/c1-6-41-32(39)23-31(29-12-8-7-10-24(29)2)37-20-17-26-22-28(15-16-30(26)37)42-21-18-27-14-13-25-11-9-19-38(33(25)36-27)34(40)43-35(3,4)5/h7-8,10,12-17,20,22-23H,6,9,11,18-19,21H2,1-5H3. The van der Waals surface area contributed by atoms with E-state index in [4.69, 9.17) is 19.2 Å². The van der Waals surface area contributed by atoms with Gasteiger partial charge in [0, 0.05) is 41.9 Å². The zero-order chi connectivity index (χ0) is 30.6. The average molecular weight is 582 g/mol. The summed E-state index contributed by atoms with van der Waals surface area (Å²) in [6, 6.07) is 20.0. The second kappa shape index (κ2) is 12.7. The molecule has 0 unspecified atom stereocenters. The summed E-state index contributed by atoms with van der Waals surface area (Å²) in [6.07, 6.45) is 5.50. The van der Waals surface area contributed by atoms with Crippen LogP contribution in [0.5, 0.6) is 5.75 Å². The number of fused-ring (bicyclic) bond motifs is 2. The number of aromatic nitrogens is 2. The summed E-state index contributed by atoms with van der Waals surface area (Å²) in [5, 5.41) is 0.987. The lowest BCUT2D eigenvalue weighted by Crippen LogP contribution is -2.40. The Balaban J connectivity index is 1.31. The third-order valence-electron chi connectivity index (χ3n) is 7.22. The summed E-state index contributed by atoms with van der Waals surface area (Å²) in [7, 11) is 0. The van der Waals surface area contributed by atoms with Crippen LogP contribution in [0.3, 0.4) is 0 Å². The minimum absolute atomic E-state index is 0.312. The van der Waals surface area contributed by atoms with Crippen molar-refractivity contribution in [1.29, 1.82) is 0 Å². The normalized spacial score (nSPS) is 13.5. The van der Waals surface area contributed by atoms with Crippen molar-refractivity contribution in [3.8, 4) is 5.75 Å². The molecule has 4 aromatic rings. The van der Waals surface area contributed by atoms with Crippen molar-refractivity contribution in [2.45, 2.75) is 59.5 Å². The summed E-state index contributed by atoms with van der Waals surface area (Å²) in [4.78, 5) is 31.8. The fourth-order valence-corrected chi connectivity index (χ4v) is 5.24. The third-order valence-corrected chi connectivity index (χ3v) is 7.22. The first-order valence-electron chi connectivity index (χ1n) is 14.8. The van der Waals surface area contributed by atoms with E-state index in [2.05, 4.69) is 6.07 Å². The molecule has 1 amide bonds. The van der Waals surface area contributed by atoms with Gasteiger partial charge in [-0.3, -0.25) is 4.90 Å². The molecular formula is C35H39N3O5. The first kappa shape index (κ1) is 29.9. The van der Waals surface area contributed by atoms with Crippen molar-refractivity contribution < 1.29 is 23.8 Å². The maximum Gasteiger partial charge on any atom is 0.416 e.